The molecule has 1 aromatic carbocycles. The van der Waals surface area contributed by atoms with E-state index in [9.17, 15) is 0 Å². The van der Waals surface area contributed by atoms with E-state index in [1.807, 2.05) is 13.0 Å². The van der Waals surface area contributed by atoms with E-state index in [4.69, 9.17) is 15.2 Å². The van der Waals surface area contributed by atoms with Crippen LogP contribution in [0.5, 0.6) is 11.5 Å². The van der Waals surface area contributed by atoms with Crippen LogP contribution in [-0.4, -0.2) is 12.8 Å². The lowest BCUT2D eigenvalue weighted by Crippen LogP contribution is -2.18. The minimum atomic E-state index is 0.149. The van der Waals surface area contributed by atoms with Gasteiger partial charge in [0.2, 0.25) is 6.79 Å². The first-order chi connectivity index (χ1) is 7.09. The zero-order chi connectivity index (χ0) is 11.0. The van der Waals surface area contributed by atoms with E-state index in [-0.39, 0.29) is 6.04 Å². The van der Waals surface area contributed by atoms with Gasteiger partial charge in [-0.05, 0) is 53.4 Å². The summed E-state index contributed by atoms with van der Waals surface area (Å²) in [5, 5.41) is 0. The van der Waals surface area contributed by atoms with Gasteiger partial charge in [-0.15, -0.1) is 0 Å². The van der Waals surface area contributed by atoms with E-state index >= 15 is 0 Å². The van der Waals surface area contributed by atoms with Crippen molar-refractivity contribution in [2.24, 2.45) is 5.73 Å². The molecule has 0 bridgehead atoms. The number of benzene rings is 1. The molecule has 0 saturated carbocycles. The molecular weight excluding hydrogens is 258 g/mol. The average Bonchev–Trinajstić information content (AvgIpc) is 2.61. The van der Waals surface area contributed by atoms with E-state index in [0.29, 0.717) is 6.79 Å². The van der Waals surface area contributed by atoms with Gasteiger partial charge in [-0.3, -0.25) is 0 Å². The van der Waals surface area contributed by atoms with Crippen LogP contribution in [0.15, 0.2) is 10.5 Å². The summed E-state index contributed by atoms with van der Waals surface area (Å²) in [4.78, 5) is 0. The lowest BCUT2D eigenvalue weighted by Gasteiger charge is -2.12. The summed E-state index contributed by atoms with van der Waals surface area (Å²) in [5.74, 6) is 1.61. The van der Waals surface area contributed by atoms with Crippen molar-refractivity contribution in [3.8, 4) is 11.5 Å². The molecule has 1 atom stereocenters. The van der Waals surface area contributed by atoms with Gasteiger partial charge in [-0.1, -0.05) is 0 Å². The molecule has 0 aliphatic carbocycles. The first-order valence-electron chi connectivity index (χ1n) is 4.92. The number of fused-ring (bicyclic) bond motifs is 1. The number of nitrogens with two attached hydrogens (primary N) is 1. The highest BCUT2D eigenvalue weighted by Crippen LogP contribution is 2.42. The lowest BCUT2D eigenvalue weighted by molar-refractivity contribution is 0.173. The summed E-state index contributed by atoms with van der Waals surface area (Å²) in [7, 11) is 0. The second-order valence-electron chi connectivity index (χ2n) is 3.89. The molecule has 0 spiro atoms. The van der Waals surface area contributed by atoms with Crippen molar-refractivity contribution >= 4 is 15.9 Å². The third-order valence-electron chi connectivity index (χ3n) is 2.50. The maximum Gasteiger partial charge on any atom is 0.231 e. The van der Waals surface area contributed by atoms with E-state index in [2.05, 4.69) is 22.9 Å². The minimum absolute atomic E-state index is 0.149. The fourth-order valence-corrected chi connectivity index (χ4v) is 2.27. The molecule has 0 radical (unpaired) electrons. The van der Waals surface area contributed by atoms with Gasteiger partial charge in [-0.25, -0.2) is 0 Å². The largest absolute Gasteiger partial charge is 0.454 e. The monoisotopic (exact) mass is 271 g/mol. The molecule has 0 amide bonds. The van der Waals surface area contributed by atoms with E-state index in [1.165, 1.54) is 11.1 Å². The molecule has 1 aromatic rings. The van der Waals surface area contributed by atoms with Crippen LogP contribution >= 0.6 is 15.9 Å². The smallest absolute Gasteiger partial charge is 0.231 e. The molecule has 0 fully saturated rings. The molecule has 15 heavy (non-hydrogen) atoms. The number of ether oxygens (including phenoxy) is 2. The van der Waals surface area contributed by atoms with E-state index < -0.39 is 0 Å². The summed E-state index contributed by atoms with van der Waals surface area (Å²) in [6.45, 7) is 4.36. The Kier molecular flexibility index (Phi) is 2.89. The molecular formula is C11H14BrNO2. The Labute approximate surface area is 97.7 Å². The molecule has 4 heteroatoms. The molecule has 1 aliphatic heterocycles. The van der Waals surface area contributed by atoms with Crippen LogP contribution in [0.3, 0.4) is 0 Å². The van der Waals surface area contributed by atoms with Gasteiger partial charge in [0.25, 0.3) is 0 Å². The number of hydrogen-bond donors (Lipinski definition) is 1. The van der Waals surface area contributed by atoms with Gasteiger partial charge < -0.3 is 15.2 Å². The summed E-state index contributed by atoms with van der Waals surface area (Å²) in [5.41, 5.74) is 8.19. The minimum Gasteiger partial charge on any atom is -0.454 e. The average molecular weight is 272 g/mol. The zero-order valence-electron chi connectivity index (χ0n) is 8.84. The fourth-order valence-electron chi connectivity index (χ4n) is 1.70. The molecule has 1 aliphatic rings. The van der Waals surface area contributed by atoms with Crippen molar-refractivity contribution < 1.29 is 9.47 Å². The van der Waals surface area contributed by atoms with Gasteiger partial charge in [0.15, 0.2) is 11.5 Å². The molecule has 0 saturated heterocycles. The third-order valence-corrected chi connectivity index (χ3v) is 3.45. The summed E-state index contributed by atoms with van der Waals surface area (Å²) < 4.78 is 11.7. The Hall–Kier alpha value is -0.740. The first-order valence-corrected chi connectivity index (χ1v) is 5.72. The van der Waals surface area contributed by atoms with Crippen molar-refractivity contribution in [2.75, 3.05) is 6.79 Å². The van der Waals surface area contributed by atoms with Crippen LogP contribution in [0, 0.1) is 6.92 Å². The van der Waals surface area contributed by atoms with E-state index in [0.717, 1.165) is 22.4 Å². The van der Waals surface area contributed by atoms with Crippen LogP contribution < -0.4 is 15.2 Å². The Morgan fingerprint density at radius 3 is 2.93 bits per heavy atom. The predicted molar refractivity (Wildman–Crippen MR) is 62.4 cm³/mol. The van der Waals surface area contributed by atoms with Crippen LogP contribution in [-0.2, 0) is 6.42 Å². The van der Waals surface area contributed by atoms with Crippen molar-refractivity contribution in [2.45, 2.75) is 26.3 Å². The number of halogens is 1. The molecule has 0 aromatic heterocycles. The molecule has 82 valence electrons. The fraction of sp³-hybridized carbons (Fsp3) is 0.455. The van der Waals surface area contributed by atoms with Crippen LogP contribution in [0.1, 0.15) is 18.1 Å². The van der Waals surface area contributed by atoms with Gasteiger partial charge in [0.05, 0.1) is 4.47 Å². The highest BCUT2D eigenvalue weighted by molar-refractivity contribution is 9.10. The second kappa shape index (κ2) is 4.02. The molecule has 1 heterocycles. The standard InChI is InChI=1S/C11H14BrNO2/c1-6(13)3-8-4-9-11(15-5-14-9)10(12)7(8)2/h4,6H,3,5,13H2,1-2H3. The van der Waals surface area contributed by atoms with Gasteiger partial charge in [0.1, 0.15) is 0 Å². The lowest BCUT2D eigenvalue weighted by atomic mass is 10.0. The maximum absolute atomic E-state index is 5.80. The first kappa shape index (κ1) is 10.8. The van der Waals surface area contributed by atoms with E-state index in [1.54, 1.807) is 0 Å². The Morgan fingerprint density at radius 1 is 1.53 bits per heavy atom. The van der Waals surface area contributed by atoms with Crippen molar-refractivity contribution in [1.29, 1.82) is 0 Å². The third kappa shape index (κ3) is 1.96. The van der Waals surface area contributed by atoms with Gasteiger partial charge >= 0.3 is 0 Å². The Morgan fingerprint density at radius 2 is 2.27 bits per heavy atom. The number of rotatable bonds is 2. The summed E-state index contributed by atoms with van der Waals surface area (Å²) >= 11 is 3.53. The van der Waals surface area contributed by atoms with Gasteiger partial charge in [0, 0.05) is 6.04 Å². The zero-order valence-corrected chi connectivity index (χ0v) is 10.4. The second-order valence-corrected chi connectivity index (χ2v) is 4.68. The van der Waals surface area contributed by atoms with Crippen LogP contribution in [0.4, 0.5) is 0 Å². The topological polar surface area (TPSA) is 44.5 Å². The SMILES string of the molecule is Cc1c(CC(C)N)cc2c(c1Br)OCO2. The molecule has 2 N–H and O–H groups in total. The Balaban J connectivity index is 2.44. The van der Waals surface area contributed by atoms with Crippen molar-refractivity contribution in [1.82, 2.24) is 0 Å². The highest BCUT2D eigenvalue weighted by Gasteiger charge is 2.21. The van der Waals surface area contributed by atoms with Crippen molar-refractivity contribution in [3.63, 3.8) is 0 Å². The van der Waals surface area contributed by atoms with Gasteiger partial charge in [-0.2, -0.15) is 0 Å². The quantitative estimate of drug-likeness (QED) is 0.899. The normalized spacial score (nSPS) is 15.5. The van der Waals surface area contributed by atoms with Crippen LogP contribution in [0.2, 0.25) is 0 Å². The highest BCUT2D eigenvalue weighted by atomic mass is 79.9. The molecule has 2 rings (SSSR count). The van der Waals surface area contributed by atoms with Crippen molar-refractivity contribution in [3.05, 3.63) is 21.7 Å². The Bertz CT molecular complexity index is 391. The van der Waals surface area contributed by atoms with Crippen LogP contribution in [0.25, 0.3) is 0 Å². The number of hydrogen-bond acceptors (Lipinski definition) is 3. The molecule has 3 nitrogen and oxygen atoms in total. The molecule has 1 unspecified atom stereocenters. The summed E-state index contributed by atoms with van der Waals surface area (Å²) in [6, 6.07) is 2.17. The predicted octanol–water partition coefficient (Wildman–Crippen LogP) is 2.38. The summed E-state index contributed by atoms with van der Waals surface area (Å²) in [6.07, 6.45) is 0.848. The maximum atomic E-state index is 5.80.